The maximum Gasteiger partial charge on any atom is 0.318 e. The van der Waals surface area contributed by atoms with Gasteiger partial charge in [-0.2, -0.15) is 0 Å². The second-order valence-electron chi connectivity index (χ2n) is 8.02. The van der Waals surface area contributed by atoms with Crippen molar-refractivity contribution in [2.75, 3.05) is 12.4 Å². The van der Waals surface area contributed by atoms with Crippen molar-refractivity contribution in [1.29, 1.82) is 0 Å². The molecule has 0 bridgehead atoms. The Morgan fingerprint density at radius 2 is 1.50 bits per heavy atom. The molecule has 0 aromatic carbocycles. The number of carbonyl (C=O) groups excluding carboxylic acids is 6. The van der Waals surface area contributed by atoms with Gasteiger partial charge in [0, 0.05) is 12.2 Å². The summed E-state index contributed by atoms with van der Waals surface area (Å²) in [5.41, 5.74) is 16.2. The lowest BCUT2D eigenvalue weighted by Crippen LogP contribution is -2.60. The van der Waals surface area contributed by atoms with E-state index < -0.39 is 89.9 Å². The van der Waals surface area contributed by atoms with Crippen LogP contribution in [0.5, 0.6) is 0 Å². The van der Waals surface area contributed by atoms with E-state index in [-0.39, 0.29) is 18.6 Å². The van der Waals surface area contributed by atoms with E-state index in [1.54, 1.807) is 0 Å². The summed E-state index contributed by atoms with van der Waals surface area (Å²) in [5.74, 6) is -7.17. The Hall–Kier alpha value is -3.44. The summed E-state index contributed by atoms with van der Waals surface area (Å²) in [5, 5.41) is 26.9. The van der Waals surface area contributed by atoms with E-state index in [2.05, 4.69) is 21.3 Å². The van der Waals surface area contributed by atoms with Crippen LogP contribution in [-0.2, 0) is 33.6 Å². The Bertz CT molecular complexity index is 887. The number of hydrogen-bond donors (Lipinski definition) is 9. The number of primary amides is 2. The molecular weight excluding hydrogens is 502 g/mol. The summed E-state index contributed by atoms with van der Waals surface area (Å²) < 4.78 is 0. The molecule has 36 heavy (non-hydrogen) atoms. The van der Waals surface area contributed by atoms with Crippen LogP contribution in [0.25, 0.3) is 0 Å². The lowest BCUT2D eigenvalue weighted by molar-refractivity contribution is -0.138. The van der Waals surface area contributed by atoms with Crippen molar-refractivity contribution < 1.29 is 43.8 Å². The highest BCUT2D eigenvalue weighted by Crippen LogP contribution is 2.20. The Morgan fingerprint density at radius 1 is 0.917 bits per heavy atom. The number of hydrogen-bond acceptors (Lipinski definition) is 10. The summed E-state index contributed by atoms with van der Waals surface area (Å²) in [7, 11) is 0. The molecule has 1 heterocycles. The van der Waals surface area contributed by atoms with Crippen LogP contribution < -0.4 is 38.5 Å². The molecule has 0 radical (unpaired) electrons. The molecule has 6 amide bonds. The van der Waals surface area contributed by atoms with E-state index in [1.807, 2.05) is 0 Å². The van der Waals surface area contributed by atoms with Crippen molar-refractivity contribution in [2.24, 2.45) is 17.2 Å². The minimum atomic E-state index is -1.55. The first-order valence-corrected chi connectivity index (χ1v) is 11.8. The first kappa shape index (κ1) is 30.6. The average molecular weight is 534 g/mol. The van der Waals surface area contributed by atoms with E-state index in [4.69, 9.17) is 17.2 Å². The summed E-state index contributed by atoms with van der Waals surface area (Å²) >= 11 is 0.671. The zero-order valence-electron chi connectivity index (χ0n) is 19.4. The van der Waals surface area contributed by atoms with Gasteiger partial charge in [-0.05, 0) is 13.3 Å². The molecule has 0 aromatic rings. The lowest BCUT2D eigenvalue weighted by atomic mass is 10.1. The van der Waals surface area contributed by atoms with Crippen LogP contribution in [0.15, 0.2) is 0 Å². The molecular formula is C19H31N7O9S. The van der Waals surface area contributed by atoms with Crippen molar-refractivity contribution in [3.63, 3.8) is 0 Å². The van der Waals surface area contributed by atoms with Crippen molar-refractivity contribution in [2.45, 2.75) is 61.6 Å². The van der Waals surface area contributed by atoms with Gasteiger partial charge in [0.25, 0.3) is 0 Å². The van der Waals surface area contributed by atoms with Gasteiger partial charge in [0.05, 0.1) is 25.1 Å². The fourth-order valence-corrected chi connectivity index (χ4v) is 4.23. The number of carbonyl (C=O) groups is 7. The van der Waals surface area contributed by atoms with Crippen LogP contribution in [0, 0.1) is 0 Å². The minimum Gasteiger partial charge on any atom is -0.480 e. The van der Waals surface area contributed by atoms with Gasteiger partial charge >= 0.3 is 5.97 Å². The Morgan fingerprint density at radius 3 is 2.03 bits per heavy atom. The first-order valence-electron chi connectivity index (χ1n) is 10.8. The van der Waals surface area contributed by atoms with Gasteiger partial charge in [-0.3, -0.25) is 33.6 Å². The fourth-order valence-electron chi connectivity index (χ4n) is 3.08. The van der Waals surface area contributed by atoms with Crippen molar-refractivity contribution in [3.05, 3.63) is 0 Å². The van der Waals surface area contributed by atoms with E-state index in [0.29, 0.717) is 11.8 Å². The van der Waals surface area contributed by atoms with Crippen molar-refractivity contribution >= 4 is 53.2 Å². The maximum atomic E-state index is 12.9. The SMILES string of the molecule is C[C@@H]1NC(=O)C(CO)NC(=O)C(N)CSC(C(=O)O)C(CCC(N)=O)NC(=O)[C@H](CC(N)=O)NC1=O. The number of aliphatic hydroxyl groups is 1. The summed E-state index contributed by atoms with van der Waals surface area (Å²) in [6.07, 6.45) is -1.19. The van der Waals surface area contributed by atoms with Crippen LogP contribution in [0.1, 0.15) is 26.2 Å². The summed E-state index contributed by atoms with van der Waals surface area (Å²) in [6.45, 7) is 0.399. The molecule has 16 nitrogen and oxygen atoms in total. The molecule has 4 unspecified atom stereocenters. The van der Waals surface area contributed by atoms with E-state index >= 15 is 0 Å². The predicted molar refractivity (Wildman–Crippen MR) is 125 cm³/mol. The third-order valence-electron chi connectivity index (χ3n) is 5.04. The number of carboxylic acids is 1. The highest BCUT2D eigenvalue weighted by molar-refractivity contribution is 8.00. The minimum absolute atomic E-state index is 0.219. The molecule has 1 aliphatic heterocycles. The third-order valence-corrected chi connectivity index (χ3v) is 6.48. The molecule has 0 spiro atoms. The second kappa shape index (κ2) is 14.2. The van der Waals surface area contributed by atoms with Crippen LogP contribution in [0.2, 0.25) is 0 Å². The van der Waals surface area contributed by atoms with E-state index in [1.165, 1.54) is 6.92 Å². The van der Waals surface area contributed by atoms with Gasteiger partial charge in [0.1, 0.15) is 23.4 Å². The molecule has 0 saturated carbocycles. The van der Waals surface area contributed by atoms with Crippen LogP contribution in [-0.4, -0.2) is 99.4 Å². The molecule has 1 rings (SSSR count). The van der Waals surface area contributed by atoms with Crippen molar-refractivity contribution in [3.8, 4) is 0 Å². The number of aliphatic hydroxyl groups excluding tert-OH is 1. The lowest BCUT2D eigenvalue weighted by Gasteiger charge is -2.29. The van der Waals surface area contributed by atoms with Gasteiger partial charge in [0.2, 0.25) is 35.4 Å². The largest absolute Gasteiger partial charge is 0.480 e. The first-order chi connectivity index (χ1) is 16.8. The molecule has 0 aliphatic carbocycles. The third kappa shape index (κ3) is 9.67. The fraction of sp³-hybridized carbons (Fsp3) is 0.632. The van der Waals surface area contributed by atoms with Gasteiger partial charge < -0.3 is 48.7 Å². The Labute approximate surface area is 209 Å². The highest BCUT2D eigenvalue weighted by atomic mass is 32.2. The molecule has 12 N–H and O–H groups in total. The number of aliphatic carboxylic acids is 1. The van der Waals surface area contributed by atoms with Crippen LogP contribution in [0.4, 0.5) is 0 Å². The van der Waals surface area contributed by atoms with Gasteiger partial charge in [-0.1, -0.05) is 0 Å². The topological polar surface area (TPSA) is 286 Å². The second-order valence-corrected chi connectivity index (χ2v) is 9.20. The molecule has 0 aromatic heterocycles. The number of carboxylic acid groups (broad SMARTS) is 1. The molecule has 1 aliphatic rings. The summed E-state index contributed by atoms with van der Waals surface area (Å²) in [4.78, 5) is 85.1. The quantitative estimate of drug-likeness (QED) is 0.149. The smallest absolute Gasteiger partial charge is 0.318 e. The zero-order valence-corrected chi connectivity index (χ0v) is 20.2. The van der Waals surface area contributed by atoms with E-state index in [9.17, 15) is 43.8 Å². The molecule has 1 fully saturated rings. The number of rotatable bonds is 7. The van der Waals surface area contributed by atoms with Gasteiger partial charge in [-0.25, -0.2) is 0 Å². The average Bonchev–Trinajstić information content (AvgIpc) is 2.78. The monoisotopic (exact) mass is 533 g/mol. The Kier molecular flexibility index (Phi) is 12.1. The van der Waals surface area contributed by atoms with Gasteiger partial charge in [0.15, 0.2) is 0 Å². The number of amides is 6. The Balaban J connectivity index is 3.40. The molecule has 1 saturated heterocycles. The van der Waals surface area contributed by atoms with Crippen LogP contribution >= 0.6 is 11.8 Å². The maximum absolute atomic E-state index is 12.9. The normalized spacial score (nSPS) is 28.8. The molecule has 202 valence electrons. The molecule has 17 heteroatoms. The number of thioether (sulfide) groups is 1. The van der Waals surface area contributed by atoms with Crippen LogP contribution in [0.3, 0.4) is 0 Å². The highest BCUT2D eigenvalue weighted by Gasteiger charge is 2.35. The van der Waals surface area contributed by atoms with Crippen molar-refractivity contribution in [1.82, 2.24) is 21.3 Å². The van der Waals surface area contributed by atoms with Gasteiger partial charge in [-0.15, -0.1) is 11.8 Å². The van der Waals surface area contributed by atoms with E-state index in [0.717, 1.165) is 0 Å². The predicted octanol–water partition coefficient (Wildman–Crippen LogP) is -5.39. The zero-order chi connectivity index (χ0) is 27.6. The summed E-state index contributed by atoms with van der Waals surface area (Å²) in [6, 6.07) is -6.89. The standard InChI is InChI=1S/C19H31N7O9S/c1-7-15(30)25-10(4-13(22)29)17(32)24-9(2-3-12(21)28)14(19(34)35)36-6-8(20)16(31)26-11(5-27)18(33)23-7/h7-11,14,27H,2-6,20H2,1H3,(H2,21,28)(H2,22,29)(H,23,33)(H,24,32)(H,25,30)(H,26,31)(H,34,35)/t7-,8?,9?,10-,11?,14?/m0/s1. The molecule has 6 atom stereocenters. The number of nitrogens with two attached hydrogens (primary N) is 3. The number of nitrogens with one attached hydrogen (secondary N) is 4.